The van der Waals surface area contributed by atoms with Gasteiger partial charge in [-0.05, 0) is 56.2 Å². The maximum absolute atomic E-state index is 13.3. The number of aromatic amines is 1. The molecule has 5 nitrogen and oxygen atoms in total. The number of anilines is 1. The summed E-state index contributed by atoms with van der Waals surface area (Å²) in [6.07, 6.45) is 0. The molecule has 7 heteroatoms. The van der Waals surface area contributed by atoms with Crippen molar-refractivity contribution in [2.45, 2.75) is 27.3 Å². The Morgan fingerprint density at radius 3 is 2.64 bits per heavy atom. The fraction of sp³-hybridized carbons (Fsp3) is 0.238. The van der Waals surface area contributed by atoms with Crippen molar-refractivity contribution in [1.29, 1.82) is 0 Å². The maximum Gasteiger partial charge on any atom is 0.322 e. The molecule has 0 bridgehead atoms. The van der Waals surface area contributed by atoms with Crippen molar-refractivity contribution in [1.82, 2.24) is 9.88 Å². The molecule has 2 amide bonds. The van der Waals surface area contributed by atoms with Crippen molar-refractivity contribution in [3.05, 3.63) is 74.3 Å². The number of rotatable bonds is 4. The minimum Gasteiger partial charge on any atom is -0.322 e. The summed E-state index contributed by atoms with van der Waals surface area (Å²) in [5, 5.41) is 3.56. The zero-order chi connectivity index (χ0) is 20.4. The first-order valence-corrected chi connectivity index (χ1v) is 9.30. The van der Waals surface area contributed by atoms with E-state index in [0.717, 1.165) is 27.6 Å². The summed E-state index contributed by atoms with van der Waals surface area (Å²) in [4.78, 5) is 29.3. The zero-order valence-electron chi connectivity index (χ0n) is 15.9. The van der Waals surface area contributed by atoms with Gasteiger partial charge in [-0.3, -0.25) is 4.79 Å². The van der Waals surface area contributed by atoms with E-state index in [0.29, 0.717) is 12.2 Å². The molecule has 0 saturated carbocycles. The van der Waals surface area contributed by atoms with Gasteiger partial charge in [0.25, 0.3) is 0 Å². The van der Waals surface area contributed by atoms with Gasteiger partial charge in [0.2, 0.25) is 5.56 Å². The quantitative estimate of drug-likeness (QED) is 0.646. The van der Waals surface area contributed by atoms with Crippen LogP contribution in [0.2, 0.25) is 5.02 Å². The molecule has 1 aromatic heterocycles. The Hall–Kier alpha value is -2.86. The van der Waals surface area contributed by atoms with Crippen LogP contribution in [0, 0.1) is 19.7 Å². The molecule has 0 spiro atoms. The van der Waals surface area contributed by atoms with Crippen molar-refractivity contribution in [3.63, 3.8) is 0 Å². The first kappa shape index (κ1) is 19.9. The maximum atomic E-state index is 13.3. The Morgan fingerprint density at radius 1 is 1.21 bits per heavy atom. The number of urea groups is 1. The molecule has 3 rings (SSSR count). The van der Waals surface area contributed by atoms with Gasteiger partial charge in [-0.25, -0.2) is 9.18 Å². The third-order valence-electron chi connectivity index (χ3n) is 4.58. The van der Waals surface area contributed by atoms with Gasteiger partial charge in [0.05, 0.1) is 10.5 Å². The van der Waals surface area contributed by atoms with E-state index in [1.807, 2.05) is 32.9 Å². The van der Waals surface area contributed by atoms with Crippen LogP contribution >= 0.6 is 11.6 Å². The largest absolute Gasteiger partial charge is 0.322 e. The molecule has 28 heavy (non-hydrogen) atoms. The lowest BCUT2D eigenvalue weighted by atomic mass is 10.0. The van der Waals surface area contributed by atoms with Crippen LogP contribution in [-0.4, -0.2) is 22.5 Å². The predicted molar refractivity (Wildman–Crippen MR) is 111 cm³/mol. The van der Waals surface area contributed by atoms with Crippen molar-refractivity contribution in [3.8, 4) is 0 Å². The van der Waals surface area contributed by atoms with Crippen molar-refractivity contribution < 1.29 is 9.18 Å². The molecule has 0 saturated heterocycles. The lowest BCUT2D eigenvalue weighted by Crippen LogP contribution is -2.34. The summed E-state index contributed by atoms with van der Waals surface area (Å²) in [5.74, 6) is -0.548. The van der Waals surface area contributed by atoms with Gasteiger partial charge in [0.1, 0.15) is 5.82 Å². The van der Waals surface area contributed by atoms with Crippen LogP contribution in [0.3, 0.4) is 0 Å². The molecular weight excluding hydrogens is 381 g/mol. The van der Waals surface area contributed by atoms with Crippen LogP contribution in [0.1, 0.15) is 23.6 Å². The average molecular weight is 402 g/mol. The number of nitrogens with one attached hydrogen (secondary N) is 2. The molecule has 0 radical (unpaired) electrons. The fourth-order valence-corrected chi connectivity index (χ4v) is 3.40. The van der Waals surface area contributed by atoms with Crippen LogP contribution in [0.4, 0.5) is 14.9 Å². The van der Waals surface area contributed by atoms with Crippen molar-refractivity contribution in [2.24, 2.45) is 0 Å². The molecule has 0 aliphatic heterocycles. The van der Waals surface area contributed by atoms with E-state index in [1.165, 1.54) is 24.3 Å². The number of nitrogens with zero attached hydrogens (tertiary/aromatic N) is 1. The van der Waals surface area contributed by atoms with Gasteiger partial charge in [-0.15, -0.1) is 0 Å². The molecule has 0 aliphatic rings. The SMILES string of the molecule is CCN(Cc1cc(=O)[nH]c2c(C)cc(C)cc12)C(=O)Nc1ccc(F)c(Cl)c1. The number of carbonyl (C=O) groups excluding carboxylic acids is 1. The molecule has 0 unspecified atom stereocenters. The third-order valence-corrected chi connectivity index (χ3v) is 4.87. The fourth-order valence-electron chi connectivity index (χ4n) is 3.22. The van der Waals surface area contributed by atoms with Gasteiger partial charge in [-0.2, -0.15) is 0 Å². The highest BCUT2D eigenvalue weighted by Crippen LogP contribution is 2.23. The third kappa shape index (κ3) is 4.17. The number of hydrogen-bond acceptors (Lipinski definition) is 2. The number of aryl methyl sites for hydroxylation is 2. The van der Waals surface area contributed by atoms with E-state index >= 15 is 0 Å². The standard InChI is InChI=1S/C21H21ClFN3O2/c1-4-26(21(28)24-15-5-6-18(23)17(22)10-15)11-14-9-19(27)25-20-13(3)7-12(2)8-16(14)20/h5-10H,4,11H2,1-3H3,(H,24,28)(H,25,27). The molecule has 2 N–H and O–H groups in total. The minimum atomic E-state index is -0.548. The van der Waals surface area contributed by atoms with Gasteiger partial charge in [0.15, 0.2) is 0 Å². The van der Waals surface area contributed by atoms with E-state index in [9.17, 15) is 14.0 Å². The molecule has 3 aromatic rings. The smallest absolute Gasteiger partial charge is 0.322 e. The number of pyridine rings is 1. The van der Waals surface area contributed by atoms with Gasteiger partial charge >= 0.3 is 6.03 Å². The monoisotopic (exact) mass is 401 g/mol. The number of amides is 2. The molecule has 2 aromatic carbocycles. The summed E-state index contributed by atoms with van der Waals surface area (Å²) in [6, 6.07) is 9.17. The Kier molecular flexibility index (Phi) is 5.70. The Morgan fingerprint density at radius 2 is 1.96 bits per heavy atom. The van der Waals surface area contributed by atoms with Gasteiger partial charge in [0, 0.05) is 30.2 Å². The number of hydrogen-bond donors (Lipinski definition) is 2. The molecule has 0 fully saturated rings. The van der Waals surface area contributed by atoms with Crippen molar-refractivity contribution >= 4 is 34.2 Å². The number of fused-ring (bicyclic) bond motifs is 1. The summed E-state index contributed by atoms with van der Waals surface area (Å²) >= 11 is 5.77. The summed E-state index contributed by atoms with van der Waals surface area (Å²) in [7, 11) is 0. The summed E-state index contributed by atoms with van der Waals surface area (Å²) < 4.78 is 13.3. The Labute approximate surface area is 167 Å². The predicted octanol–water partition coefficient (Wildman–Crippen LogP) is 4.99. The normalized spacial score (nSPS) is 10.9. The van der Waals surface area contributed by atoms with Crippen LogP contribution < -0.4 is 10.9 Å². The molecular formula is C21H21ClFN3O2. The number of carbonyl (C=O) groups is 1. The van der Waals surface area contributed by atoms with Gasteiger partial charge < -0.3 is 15.2 Å². The number of H-pyrrole nitrogens is 1. The lowest BCUT2D eigenvalue weighted by Gasteiger charge is -2.22. The van der Waals surface area contributed by atoms with Gasteiger partial charge in [-0.1, -0.05) is 23.2 Å². The lowest BCUT2D eigenvalue weighted by molar-refractivity contribution is 0.212. The van der Waals surface area contributed by atoms with Crippen molar-refractivity contribution in [2.75, 3.05) is 11.9 Å². The molecule has 1 heterocycles. The van der Waals surface area contributed by atoms with E-state index in [1.54, 1.807) is 4.90 Å². The topological polar surface area (TPSA) is 65.2 Å². The second kappa shape index (κ2) is 8.02. The summed E-state index contributed by atoms with van der Waals surface area (Å²) in [6.45, 7) is 6.48. The highest BCUT2D eigenvalue weighted by molar-refractivity contribution is 6.31. The first-order valence-electron chi connectivity index (χ1n) is 8.92. The highest BCUT2D eigenvalue weighted by atomic mass is 35.5. The number of aromatic nitrogens is 1. The average Bonchev–Trinajstić information content (AvgIpc) is 2.63. The molecule has 0 aliphatic carbocycles. The van der Waals surface area contributed by atoms with E-state index < -0.39 is 5.82 Å². The van der Waals surface area contributed by atoms with E-state index in [2.05, 4.69) is 10.3 Å². The molecule has 0 atom stereocenters. The highest BCUT2D eigenvalue weighted by Gasteiger charge is 2.16. The van der Waals surface area contributed by atoms with E-state index in [4.69, 9.17) is 11.6 Å². The second-order valence-corrected chi connectivity index (χ2v) is 7.14. The molecule has 146 valence electrons. The summed E-state index contributed by atoms with van der Waals surface area (Å²) in [5.41, 5.74) is 3.78. The zero-order valence-corrected chi connectivity index (χ0v) is 16.7. The van der Waals surface area contributed by atoms with Crippen LogP contribution in [0.15, 0.2) is 41.2 Å². The second-order valence-electron chi connectivity index (χ2n) is 6.74. The number of benzene rings is 2. The van der Waals surface area contributed by atoms with E-state index in [-0.39, 0.29) is 23.2 Å². The number of halogens is 2. The minimum absolute atomic E-state index is 0.0626. The van der Waals surface area contributed by atoms with Crippen LogP contribution in [0.25, 0.3) is 10.9 Å². The first-order chi connectivity index (χ1) is 13.3. The Balaban J connectivity index is 1.91. The van der Waals surface area contributed by atoms with Crippen LogP contribution in [0.5, 0.6) is 0 Å². The van der Waals surface area contributed by atoms with Crippen LogP contribution in [-0.2, 0) is 6.54 Å². The Bertz CT molecular complexity index is 1110.